The van der Waals surface area contributed by atoms with E-state index in [1.54, 1.807) is 0 Å². The van der Waals surface area contributed by atoms with Gasteiger partial charge >= 0.3 is 0 Å². The van der Waals surface area contributed by atoms with Crippen molar-refractivity contribution < 1.29 is 13.2 Å². The molecule has 0 unspecified atom stereocenters. The third-order valence-electron chi connectivity index (χ3n) is 3.74. The first-order chi connectivity index (χ1) is 12.3. The van der Waals surface area contributed by atoms with Crippen LogP contribution >= 0.6 is 22.9 Å². The van der Waals surface area contributed by atoms with Crippen LogP contribution in [0, 0.1) is 13.8 Å². The number of nitrogens with one attached hydrogen (secondary N) is 2. The summed E-state index contributed by atoms with van der Waals surface area (Å²) in [5.74, 6) is -1.35. The summed E-state index contributed by atoms with van der Waals surface area (Å²) in [6.07, 6.45) is 0. The smallest absolute Gasteiger partial charge is 0.253 e. The number of hydrogen-bond donors (Lipinski definition) is 2. The van der Waals surface area contributed by atoms with Crippen molar-refractivity contribution in [2.75, 3.05) is 11.2 Å². The number of halogens is 1. The van der Waals surface area contributed by atoms with Crippen LogP contribution in [0.2, 0.25) is 5.02 Å². The molecule has 26 heavy (non-hydrogen) atoms. The molecule has 136 valence electrons. The number of hydrazine groups is 1. The molecule has 0 atom stereocenters. The third-order valence-corrected chi connectivity index (χ3v) is 6.74. The molecule has 0 aliphatic carbocycles. The van der Waals surface area contributed by atoms with Crippen LogP contribution in [0.25, 0.3) is 10.2 Å². The fraction of sp³-hybridized carbons (Fsp3) is 0.176. The maximum atomic E-state index is 12.3. The molecule has 6 nitrogen and oxygen atoms in total. The molecule has 3 rings (SSSR count). The topological polar surface area (TPSA) is 88.2 Å². The molecule has 0 spiro atoms. The molecule has 2 aromatic carbocycles. The highest BCUT2D eigenvalue weighted by Crippen LogP contribution is 2.30. The minimum absolute atomic E-state index is 0.0447. The van der Waals surface area contributed by atoms with Crippen molar-refractivity contribution in [3.8, 4) is 0 Å². The monoisotopic (exact) mass is 409 g/mol. The van der Waals surface area contributed by atoms with Crippen LogP contribution in [-0.4, -0.2) is 25.1 Å². The quantitative estimate of drug-likeness (QED) is 0.630. The van der Waals surface area contributed by atoms with Gasteiger partial charge in [0, 0.05) is 5.02 Å². The van der Waals surface area contributed by atoms with E-state index in [4.69, 9.17) is 11.6 Å². The van der Waals surface area contributed by atoms with Crippen LogP contribution in [0.1, 0.15) is 11.1 Å². The molecule has 1 amide bonds. The Bertz CT molecular complexity index is 1040. The van der Waals surface area contributed by atoms with Gasteiger partial charge in [0.15, 0.2) is 9.84 Å². The van der Waals surface area contributed by atoms with Crippen LogP contribution in [0.4, 0.5) is 5.13 Å². The Morgan fingerprint density at radius 2 is 1.77 bits per heavy atom. The van der Waals surface area contributed by atoms with Gasteiger partial charge in [-0.15, -0.1) is 0 Å². The number of thiazole rings is 1. The van der Waals surface area contributed by atoms with Crippen molar-refractivity contribution in [2.45, 2.75) is 18.7 Å². The van der Waals surface area contributed by atoms with Crippen LogP contribution in [0.15, 0.2) is 41.3 Å². The summed E-state index contributed by atoms with van der Waals surface area (Å²) in [4.78, 5) is 16.5. The molecule has 0 saturated carbocycles. The lowest BCUT2D eigenvalue weighted by Gasteiger charge is -2.07. The molecule has 2 N–H and O–H groups in total. The Morgan fingerprint density at radius 3 is 2.42 bits per heavy atom. The van der Waals surface area contributed by atoms with E-state index in [1.165, 1.54) is 35.6 Å². The van der Waals surface area contributed by atoms with E-state index in [1.807, 2.05) is 26.0 Å². The van der Waals surface area contributed by atoms with Gasteiger partial charge in [0.2, 0.25) is 5.13 Å². The number of carbonyl (C=O) groups excluding carboxylic acids is 1. The van der Waals surface area contributed by atoms with E-state index in [0.717, 1.165) is 21.3 Å². The molecule has 3 aromatic rings. The lowest BCUT2D eigenvalue weighted by molar-refractivity contribution is -0.118. The van der Waals surface area contributed by atoms with Crippen LogP contribution in [0.3, 0.4) is 0 Å². The standard InChI is InChI=1S/C17H16ClN3O3S2/c1-10-3-4-11(2)16-15(10)19-17(25-16)21-20-14(22)9-26(23,24)13-7-5-12(18)6-8-13/h3-8H,9H2,1-2H3,(H,19,21)(H,20,22). The second kappa shape index (κ2) is 7.22. The fourth-order valence-electron chi connectivity index (χ4n) is 2.37. The SMILES string of the molecule is Cc1ccc(C)c2sc(NNC(=O)CS(=O)(=O)c3ccc(Cl)cc3)nc12. The molecule has 0 saturated heterocycles. The van der Waals surface area contributed by atoms with Gasteiger partial charge < -0.3 is 0 Å². The molecule has 1 aromatic heterocycles. The summed E-state index contributed by atoms with van der Waals surface area (Å²) >= 11 is 7.15. The third kappa shape index (κ3) is 3.98. The second-order valence-electron chi connectivity index (χ2n) is 5.78. The van der Waals surface area contributed by atoms with Gasteiger partial charge in [0.25, 0.3) is 5.91 Å². The van der Waals surface area contributed by atoms with E-state index >= 15 is 0 Å². The molecule has 0 aliphatic rings. The zero-order chi connectivity index (χ0) is 18.9. The fourth-order valence-corrected chi connectivity index (χ4v) is 4.60. The minimum atomic E-state index is -3.75. The molecule has 0 radical (unpaired) electrons. The summed E-state index contributed by atoms with van der Waals surface area (Å²) in [7, 11) is -3.75. The molecule has 0 bridgehead atoms. The number of aryl methyl sites for hydroxylation is 2. The second-order valence-corrected chi connectivity index (χ2v) is 9.21. The van der Waals surface area contributed by atoms with Crippen molar-refractivity contribution in [3.05, 3.63) is 52.5 Å². The summed E-state index contributed by atoms with van der Waals surface area (Å²) < 4.78 is 25.5. The Kier molecular flexibility index (Phi) is 5.17. The molecule has 1 heterocycles. The Labute approximate surface area is 160 Å². The maximum Gasteiger partial charge on any atom is 0.253 e. The van der Waals surface area contributed by atoms with Crippen molar-refractivity contribution >= 4 is 54.0 Å². The van der Waals surface area contributed by atoms with Gasteiger partial charge in [0.1, 0.15) is 5.75 Å². The van der Waals surface area contributed by atoms with E-state index in [-0.39, 0.29) is 4.90 Å². The number of benzene rings is 2. The average molecular weight is 410 g/mol. The van der Waals surface area contributed by atoms with E-state index in [9.17, 15) is 13.2 Å². The zero-order valence-electron chi connectivity index (χ0n) is 14.0. The maximum absolute atomic E-state index is 12.3. The minimum Gasteiger partial charge on any atom is -0.273 e. The number of amides is 1. The van der Waals surface area contributed by atoms with Crippen LogP contribution in [0.5, 0.6) is 0 Å². The first-order valence-corrected chi connectivity index (χ1v) is 10.5. The lowest BCUT2D eigenvalue weighted by atomic mass is 10.1. The van der Waals surface area contributed by atoms with Gasteiger partial charge in [0.05, 0.1) is 15.1 Å². The molecular weight excluding hydrogens is 394 g/mol. The molecule has 0 aliphatic heterocycles. The number of anilines is 1. The van der Waals surface area contributed by atoms with Gasteiger partial charge in [-0.2, -0.15) is 0 Å². The van der Waals surface area contributed by atoms with Crippen molar-refractivity contribution in [2.24, 2.45) is 0 Å². The largest absolute Gasteiger partial charge is 0.273 e. The van der Waals surface area contributed by atoms with Crippen molar-refractivity contribution in [3.63, 3.8) is 0 Å². The highest BCUT2D eigenvalue weighted by atomic mass is 35.5. The van der Waals surface area contributed by atoms with Crippen LogP contribution in [-0.2, 0) is 14.6 Å². The first kappa shape index (κ1) is 18.6. The number of aromatic nitrogens is 1. The molecule has 9 heteroatoms. The van der Waals surface area contributed by atoms with Gasteiger partial charge in [-0.1, -0.05) is 35.1 Å². The predicted octanol–water partition coefficient (Wildman–Crippen LogP) is 3.48. The predicted molar refractivity (Wildman–Crippen MR) is 104 cm³/mol. The van der Waals surface area contributed by atoms with E-state index in [2.05, 4.69) is 15.8 Å². The number of rotatable bonds is 5. The van der Waals surface area contributed by atoms with E-state index < -0.39 is 21.5 Å². The van der Waals surface area contributed by atoms with Gasteiger partial charge in [-0.25, -0.2) is 13.4 Å². The zero-order valence-corrected chi connectivity index (χ0v) is 16.4. The summed E-state index contributed by atoms with van der Waals surface area (Å²) in [5.41, 5.74) is 8.07. The first-order valence-electron chi connectivity index (χ1n) is 7.66. The summed E-state index contributed by atoms with van der Waals surface area (Å²) in [6, 6.07) is 9.68. The summed E-state index contributed by atoms with van der Waals surface area (Å²) in [5, 5.41) is 0.922. The number of carbonyl (C=O) groups is 1. The Balaban J connectivity index is 1.68. The van der Waals surface area contributed by atoms with Crippen molar-refractivity contribution in [1.82, 2.24) is 10.4 Å². The van der Waals surface area contributed by atoms with Crippen molar-refractivity contribution in [1.29, 1.82) is 0 Å². The average Bonchev–Trinajstić information content (AvgIpc) is 3.02. The van der Waals surface area contributed by atoms with Gasteiger partial charge in [-0.3, -0.25) is 15.6 Å². The van der Waals surface area contributed by atoms with E-state index in [0.29, 0.717) is 10.2 Å². The van der Waals surface area contributed by atoms with Gasteiger partial charge in [-0.05, 0) is 49.2 Å². The number of fused-ring (bicyclic) bond motifs is 1. The Hall–Kier alpha value is -2.16. The highest BCUT2D eigenvalue weighted by Gasteiger charge is 2.19. The number of nitrogens with zero attached hydrogens (tertiary/aromatic N) is 1. The molecular formula is C17H16ClN3O3S2. The normalized spacial score (nSPS) is 11.5. The van der Waals surface area contributed by atoms with Crippen LogP contribution < -0.4 is 10.9 Å². The number of sulfone groups is 1. The summed E-state index contributed by atoms with van der Waals surface area (Å²) in [6.45, 7) is 3.95. The Morgan fingerprint density at radius 1 is 1.12 bits per heavy atom. The molecule has 0 fully saturated rings. The number of hydrogen-bond acceptors (Lipinski definition) is 6. The highest BCUT2D eigenvalue weighted by molar-refractivity contribution is 7.92. The lowest BCUT2D eigenvalue weighted by Crippen LogP contribution is -2.34.